The molecule has 0 aromatic carbocycles. The number of carbonyl (C=O) groups excluding carboxylic acids is 1. The van der Waals surface area contributed by atoms with Crippen LogP contribution in [0.4, 0.5) is 0 Å². The molecule has 0 aromatic rings. The molecule has 0 radical (unpaired) electrons. The molecule has 1 N–H and O–H groups in total. The molecule has 0 unspecified atom stereocenters. The first-order valence-corrected chi connectivity index (χ1v) is 7.47. The van der Waals surface area contributed by atoms with Gasteiger partial charge in [-0.2, -0.15) is 0 Å². The highest BCUT2D eigenvalue weighted by Crippen LogP contribution is 2.19. The van der Waals surface area contributed by atoms with Crippen LogP contribution in [0.2, 0.25) is 0 Å². The topological polar surface area (TPSA) is 38.3 Å². The maximum atomic E-state index is 11.6. The predicted octanol–water partition coefficient (Wildman–Crippen LogP) is 2.41. The number of hydrogen-bond donors (Lipinski definition) is 1. The van der Waals surface area contributed by atoms with Gasteiger partial charge in [0, 0.05) is 19.4 Å². The number of methoxy groups -OCH3 is 1. The van der Waals surface area contributed by atoms with Crippen LogP contribution in [0, 0.1) is 17.8 Å². The molecule has 4 heteroatoms. The van der Waals surface area contributed by atoms with Crippen molar-refractivity contribution >= 4 is 17.7 Å². The summed E-state index contributed by atoms with van der Waals surface area (Å²) in [6.07, 6.45) is 0. The van der Waals surface area contributed by atoms with E-state index in [0.29, 0.717) is 30.1 Å². The molecular weight excluding hydrogens is 234 g/mol. The summed E-state index contributed by atoms with van der Waals surface area (Å²) in [4.78, 5) is 11.6. The van der Waals surface area contributed by atoms with E-state index >= 15 is 0 Å². The van der Waals surface area contributed by atoms with E-state index in [1.807, 2.05) is 0 Å². The average Bonchev–Trinajstić information content (AvgIpc) is 2.23. The third-order valence-corrected chi connectivity index (χ3v) is 3.83. The Kier molecular flexibility index (Phi) is 9.65. The van der Waals surface area contributed by atoms with Crippen LogP contribution < -0.4 is 5.32 Å². The van der Waals surface area contributed by atoms with Crippen molar-refractivity contribution in [2.45, 2.75) is 27.7 Å². The zero-order chi connectivity index (χ0) is 13.3. The number of rotatable bonds is 9. The van der Waals surface area contributed by atoms with Crippen LogP contribution in [0.5, 0.6) is 0 Å². The second-order valence-electron chi connectivity index (χ2n) is 5.00. The van der Waals surface area contributed by atoms with Gasteiger partial charge in [0.25, 0.3) is 0 Å². The van der Waals surface area contributed by atoms with Gasteiger partial charge in [0.15, 0.2) is 0 Å². The summed E-state index contributed by atoms with van der Waals surface area (Å²) in [5.74, 6) is 3.32. The Balaban J connectivity index is 3.73. The summed E-state index contributed by atoms with van der Waals surface area (Å²) in [7, 11) is 1.68. The van der Waals surface area contributed by atoms with E-state index in [4.69, 9.17) is 4.74 Å². The maximum absolute atomic E-state index is 11.6. The molecule has 0 aliphatic rings. The van der Waals surface area contributed by atoms with Gasteiger partial charge in [-0.25, -0.2) is 0 Å². The minimum Gasteiger partial charge on any atom is -0.384 e. The molecule has 102 valence electrons. The third-order valence-electron chi connectivity index (χ3n) is 2.91. The number of hydrogen-bond acceptors (Lipinski definition) is 3. The second kappa shape index (κ2) is 9.77. The van der Waals surface area contributed by atoms with Gasteiger partial charge in [-0.3, -0.25) is 4.79 Å². The fourth-order valence-corrected chi connectivity index (χ4v) is 2.55. The molecule has 0 aromatic heterocycles. The highest BCUT2D eigenvalue weighted by Gasteiger charge is 2.17. The van der Waals surface area contributed by atoms with Crippen molar-refractivity contribution < 1.29 is 9.53 Å². The number of nitrogens with one attached hydrogen (secondary N) is 1. The minimum absolute atomic E-state index is 0.136. The molecule has 0 aliphatic heterocycles. The van der Waals surface area contributed by atoms with Crippen molar-refractivity contribution in [1.29, 1.82) is 0 Å². The summed E-state index contributed by atoms with van der Waals surface area (Å²) in [5.41, 5.74) is 0. The van der Waals surface area contributed by atoms with Gasteiger partial charge < -0.3 is 10.1 Å². The van der Waals surface area contributed by atoms with Crippen LogP contribution in [-0.4, -0.2) is 37.7 Å². The van der Waals surface area contributed by atoms with E-state index in [1.54, 1.807) is 18.9 Å². The molecule has 0 bridgehead atoms. The highest BCUT2D eigenvalue weighted by atomic mass is 32.2. The zero-order valence-electron chi connectivity index (χ0n) is 11.8. The lowest BCUT2D eigenvalue weighted by Crippen LogP contribution is -2.34. The normalized spacial score (nSPS) is 11.5. The van der Waals surface area contributed by atoms with Crippen LogP contribution in [0.3, 0.4) is 0 Å². The first-order valence-electron chi connectivity index (χ1n) is 6.32. The van der Waals surface area contributed by atoms with Gasteiger partial charge >= 0.3 is 0 Å². The quantitative estimate of drug-likeness (QED) is 0.648. The van der Waals surface area contributed by atoms with Gasteiger partial charge in [-0.1, -0.05) is 27.7 Å². The number of amides is 1. The van der Waals surface area contributed by atoms with Crippen LogP contribution >= 0.6 is 11.8 Å². The van der Waals surface area contributed by atoms with E-state index < -0.39 is 0 Å². The first kappa shape index (κ1) is 16.8. The molecule has 0 aliphatic carbocycles. The van der Waals surface area contributed by atoms with Crippen molar-refractivity contribution in [2.75, 3.05) is 31.8 Å². The average molecular weight is 261 g/mol. The van der Waals surface area contributed by atoms with E-state index in [0.717, 1.165) is 12.3 Å². The van der Waals surface area contributed by atoms with Crippen molar-refractivity contribution in [3.05, 3.63) is 0 Å². The van der Waals surface area contributed by atoms with Crippen molar-refractivity contribution in [2.24, 2.45) is 17.8 Å². The van der Waals surface area contributed by atoms with Gasteiger partial charge in [0.1, 0.15) is 0 Å². The highest BCUT2D eigenvalue weighted by molar-refractivity contribution is 7.99. The molecule has 0 atom stereocenters. The van der Waals surface area contributed by atoms with Crippen molar-refractivity contribution in [3.8, 4) is 0 Å². The lowest BCUT2D eigenvalue weighted by molar-refractivity contribution is -0.118. The summed E-state index contributed by atoms with van der Waals surface area (Å²) in [6.45, 7) is 10.3. The molecule has 1 amide bonds. The molecule has 0 fully saturated rings. The molecule has 0 saturated heterocycles. The summed E-state index contributed by atoms with van der Waals surface area (Å²) in [6, 6.07) is 0. The molecule has 0 heterocycles. The molecule has 17 heavy (non-hydrogen) atoms. The molecule has 0 rings (SSSR count). The Hall–Kier alpha value is -0.220. The van der Waals surface area contributed by atoms with Crippen LogP contribution in [0.25, 0.3) is 0 Å². The van der Waals surface area contributed by atoms with E-state index in [2.05, 4.69) is 33.0 Å². The largest absolute Gasteiger partial charge is 0.384 e. The first-order chi connectivity index (χ1) is 7.99. The van der Waals surface area contributed by atoms with E-state index in [-0.39, 0.29) is 5.91 Å². The minimum atomic E-state index is 0.136. The Morgan fingerprint density at radius 3 is 2.29 bits per heavy atom. The van der Waals surface area contributed by atoms with E-state index in [1.165, 1.54) is 0 Å². The fourth-order valence-electron chi connectivity index (χ4n) is 1.83. The van der Waals surface area contributed by atoms with Gasteiger partial charge in [-0.15, -0.1) is 11.8 Å². The smallest absolute Gasteiger partial charge is 0.230 e. The monoisotopic (exact) mass is 261 g/mol. The van der Waals surface area contributed by atoms with Crippen LogP contribution in [0.1, 0.15) is 27.7 Å². The maximum Gasteiger partial charge on any atom is 0.230 e. The molecular formula is C13H27NO2S. The van der Waals surface area contributed by atoms with Gasteiger partial charge in [0.2, 0.25) is 5.91 Å². The molecule has 0 saturated carbocycles. The molecule has 3 nitrogen and oxygen atoms in total. The Bertz CT molecular complexity index is 200. The van der Waals surface area contributed by atoms with Crippen LogP contribution in [-0.2, 0) is 9.53 Å². The summed E-state index contributed by atoms with van der Waals surface area (Å²) in [5, 5.41) is 3.02. The van der Waals surface area contributed by atoms with E-state index in [9.17, 15) is 4.79 Å². The SMILES string of the molecule is COCCSCC(=O)NCC(C(C)C)C(C)C. The Morgan fingerprint density at radius 1 is 1.24 bits per heavy atom. The standard InChI is InChI=1S/C13H27NO2S/c1-10(2)12(11(3)4)8-14-13(15)9-17-7-6-16-5/h10-12H,6-9H2,1-5H3,(H,14,15). The van der Waals surface area contributed by atoms with Crippen molar-refractivity contribution in [3.63, 3.8) is 0 Å². The third kappa shape index (κ3) is 8.50. The van der Waals surface area contributed by atoms with Gasteiger partial charge in [-0.05, 0) is 17.8 Å². The second-order valence-corrected chi connectivity index (χ2v) is 6.11. The zero-order valence-corrected chi connectivity index (χ0v) is 12.6. The fraction of sp³-hybridized carbons (Fsp3) is 0.923. The summed E-state index contributed by atoms with van der Waals surface area (Å²) >= 11 is 1.62. The van der Waals surface area contributed by atoms with Crippen molar-refractivity contribution in [1.82, 2.24) is 5.32 Å². The summed E-state index contributed by atoms with van der Waals surface area (Å²) < 4.78 is 4.93. The number of ether oxygens (including phenoxy) is 1. The lowest BCUT2D eigenvalue weighted by Gasteiger charge is -2.25. The number of thioether (sulfide) groups is 1. The van der Waals surface area contributed by atoms with Gasteiger partial charge in [0.05, 0.1) is 12.4 Å². The molecule has 0 spiro atoms. The lowest BCUT2D eigenvalue weighted by atomic mass is 9.85. The van der Waals surface area contributed by atoms with Crippen LogP contribution in [0.15, 0.2) is 0 Å². The number of carbonyl (C=O) groups is 1. The Morgan fingerprint density at radius 2 is 1.82 bits per heavy atom. The predicted molar refractivity (Wildman–Crippen MR) is 75.4 cm³/mol. The Labute approximate surface area is 110 Å².